The molecular formula is C17H13F3N4. The van der Waals surface area contributed by atoms with Crippen LogP contribution in [0.3, 0.4) is 0 Å². The minimum absolute atomic E-state index is 0.446. The van der Waals surface area contributed by atoms with Gasteiger partial charge < -0.3 is 11.1 Å². The second-order valence-electron chi connectivity index (χ2n) is 5.08. The van der Waals surface area contributed by atoms with E-state index in [-0.39, 0.29) is 0 Å². The molecule has 1 heterocycles. The van der Waals surface area contributed by atoms with Crippen LogP contribution in [0, 0.1) is 0 Å². The fourth-order valence-electron chi connectivity index (χ4n) is 2.16. The van der Waals surface area contributed by atoms with Crippen molar-refractivity contribution in [1.29, 1.82) is 0 Å². The van der Waals surface area contributed by atoms with Gasteiger partial charge in [0.2, 0.25) is 0 Å². The average molecular weight is 330 g/mol. The Morgan fingerprint density at radius 1 is 0.833 bits per heavy atom. The highest BCUT2D eigenvalue weighted by Gasteiger charge is 2.29. The van der Waals surface area contributed by atoms with E-state index >= 15 is 0 Å². The summed E-state index contributed by atoms with van der Waals surface area (Å²) in [5, 5.41) is 2.99. The maximum Gasteiger partial charge on any atom is 0.416 e. The van der Waals surface area contributed by atoms with Crippen molar-refractivity contribution < 1.29 is 13.2 Å². The molecule has 3 rings (SSSR count). The number of nitrogens with two attached hydrogens (primary N) is 1. The van der Waals surface area contributed by atoms with Crippen LogP contribution < -0.4 is 11.1 Å². The molecule has 122 valence electrons. The number of halogens is 3. The van der Waals surface area contributed by atoms with E-state index < -0.39 is 11.7 Å². The molecule has 3 aromatic rings. The van der Waals surface area contributed by atoms with Crippen molar-refractivity contribution in [2.75, 3.05) is 11.1 Å². The van der Waals surface area contributed by atoms with Crippen LogP contribution in [0.4, 0.5) is 30.4 Å². The summed E-state index contributed by atoms with van der Waals surface area (Å²) in [5.74, 6) is 0.446. The van der Waals surface area contributed by atoms with Crippen LogP contribution >= 0.6 is 0 Å². The molecule has 0 saturated carbocycles. The largest absolute Gasteiger partial charge is 0.416 e. The smallest absolute Gasteiger partial charge is 0.399 e. The summed E-state index contributed by atoms with van der Waals surface area (Å²) in [4.78, 5) is 8.50. The molecule has 2 aromatic carbocycles. The second kappa shape index (κ2) is 6.19. The molecular weight excluding hydrogens is 317 g/mol. The highest BCUT2D eigenvalue weighted by atomic mass is 19.4. The summed E-state index contributed by atoms with van der Waals surface area (Å²) in [6.07, 6.45) is -1.31. The van der Waals surface area contributed by atoms with Crippen LogP contribution in [0.2, 0.25) is 0 Å². The summed E-state index contributed by atoms with van der Waals surface area (Å²) in [6.45, 7) is 0. The Kier molecular flexibility index (Phi) is 4.07. The van der Waals surface area contributed by atoms with Gasteiger partial charge in [-0.25, -0.2) is 4.98 Å². The van der Waals surface area contributed by atoms with Crippen molar-refractivity contribution in [3.63, 3.8) is 0 Å². The first-order valence-corrected chi connectivity index (χ1v) is 7.05. The third-order valence-corrected chi connectivity index (χ3v) is 3.36. The molecule has 0 aliphatic rings. The average Bonchev–Trinajstić information content (AvgIpc) is 2.56. The van der Waals surface area contributed by atoms with Crippen molar-refractivity contribution in [2.45, 2.75) is 6.18 Å². The normalized spacial score (nSPS) is 11.3. The molecule has 0 radical (unpaired) electrons. The number of rotatable bonds is 3. The van der Waals surface area contributed by atoms with E-state index in [1.807, 2.05) is 0 Å². The zero-order valence-corrected chi connectivity index (χ0v) is 12.4. The summed E-state index contributed by atoms with van der Waals surface area (Å²) in [5.41, 5.74) is 7.46. The fourth-order valence-corrected chi connectivity index (χ4v) is 2.16. The molecule has 0 saturated heterocycles. The molecule has 0 atom stereocenters. The van der Waals surface area contributed by atoms with E-state index in [1.165, 1.54) is 18.3 Å². The maximum absolute atomic E-state index is 12.6. The first kappa shape index (κ1) is 15.8. The van der Waals surface area contributed by atoms with Gasteiger partial charge in [-0.05, 0) is 36.4 Å². The van der Waals surface area contributed by atoms with E-state index in [4.69, 9.17) is 5.73 Å². The fraction of sp³-hybridized carbons (Fsp3) is 0.0588. The highest BCUT2D eigenvalue weighted by Crippen LogP contribution is 2.31. The SMILES string of the molecule is Nc1ccc(-c2nccnc2Nc2ccc(C(F)(F)F)cc2)cc1. The number of nitrogens with zero attached hydrogens (tertiary/aromatic N) is 2. The summed E-state index contributed by atoms with van der Waals surface area (Å²) >= 11 is 0. The lowest BCUT2D eigenvalue weighted by molar-refractivity contribution is -0.137. The molecule has 0 aliphatic heterocycles. The topological polar surface area (TPSA) is 63.8 Å². The Morgan fingerprint density at radius 2 is 1.46 bits per heavy atom. The number of nitrogens with one attached hydrogen (secondary N) is 1. The molecule has 7 heteroatoms. The van der Waals surface area contributed by atoms with E-state index in [0.717, 1.165) is 17.7 Å². The van der Waals surface area contributed by atoms with Crippen LogP contribution in [-0.2, 0) is 6.18 Å². The van der Waals surface area contributed by atoms with Crippen LogP contribution in [0.15, 0.2) is 60.9 Å². The molecule has 4 nitrogen and oxygen atoms in total. The van der Waals surface area contributed by atoms with Gasteiger partial charge in [0, 0.05) is 29.3 Å². The quantitative estimate of drug-likeness (QED) is 0.695. The predicted molar refractivity (Wildman–Crippen MR) is 86.6 cm³/mol. The predicted octanol–water partition coefficient (Wildman–Crippen LogP) is 4.49. The minimum atomic E-state index is -4.36. The van der Waals surface area contributed by atoms with Crippen molar-refractivity contribution in [3.05, 3.63) is 66.5 Å². The van der Waals surface area contributed by atoms with Gasteiger partial charge in [0.1, 0.15) is 5.69 Å². The first-order chi connectivity index (χ1) is 11.4. The number of hydrogen-bond acceptors (Lipinski definition) is 4. The molecule has 0 fully saturated rings. The molecule has 3 N–H and O–H groups in total. The van der Waals surface area contributed by atoms with Crippen LogP contribution in [0.5, 0.6) is 0 Å². The third-order valence-electron chi connectivity index (χ3n) is 3.36. The number of aromatic nitrogens is 2. The van der Waals surface area contributed by atoms with Gasteiger partial charge in [-0.2, -0.15) is 13.2 Å². The summed E-state index contributed by atoms with van der Waals surface area (Å²) in [6, 6.07) is 11.8. The van der Waals surface area contributed by atoms with Gasteiger partial charge in [0.25, 0.3) is 0 Å². The molecule has 0 amide bonds. The number of hydrogen-bond donors (Lipinski definition) is 2. The van der Waals surface area contributed by atoms with Crippen LogP contribution in [0.25, 0.3) is 11.3 Å². The van der Waals surface area contributed by atoms with Gasteiger partial charge in [-0.1, -0.05) is 12.1 Å². The molecule has 1 aromatic heterocycles. The van der Waals surface area contributed by atoms with Crippen molar-refractivity contribution >= 4 is 17.2 Å². The van der Waals surface area contributed by atoms with Crippen molar-refractivity contribution in [1.82, 2.24) is 9.97 Å². The Bertz CT molecular complexity index is 828. The number of anilines is 3. The van der Waals surface area contributed by atoms with E-state index in [9.17, 15) is 13.2 Å². The zero-order valence-electron chi connectivity index (χ0n) is 12.4. The minimum Gasteiger partial charge on any atom is -0.399 e. The van der Waals surface area contributed by atoms with E-state index in [1.54, 1.807) is 30.5 Å². The molecule has 0 aliphatic carbocycles. The Hall–Kier alpha value is -3.09. The van der Waals surface area contributed by atoms with Gasteiger partial charge in [-0.3, -0.25) is 4.98 Å². The van der Waals surface area contributed by atoms with Crippen LogP contribution in [0.1, 0.15) is 5.56 Å². The first-order valence-electron chi connectivity index (χ1n) is 7.05. The molecule has 0 spiro atoms. The number of nitrogen functional groups attached to an aromatic ring is 1. The highest BCUT2D eigenvalue weighted by molar-refractivity contribution is 5.75. The number of alkyl halides is 3. The number of benzene rings is 2. The Labute approximate surface area is 136 Å². The van der Waals surface area contributed by atoms with E-state index in [0.29, 0.717) is 22.9 Å². The third kappa shape index (κ3) is 3.45. The van der Waals surface area contributed by atoms with Crippen molar-refractivity contribution in [3.8, 4) is 11.3 Å². The maximum atomic E-state index is 12.6. The van der Waals surface area contributed by atoms with Gasteiger partial charge >= 0.3 is 6.18 Å². The molecule has 0 bridgehead atoms. The lowest BCUT2D eigenvalue weighted by Gasteiger charge is -2.11. The monoisotopic (exact) mass is 330 g/mol. The zero-order chi connectivity index (χ0) is 17.2. The van der Waals surface area contributed by atoms with Gasteiger partial charge in [0.15, 0.2) is 5.82 Å². The van der Waals surface area contributed by atoms with Gasteiger partial charge in [0.05, 0.1) is 5.56 Å². The van der Waals surface area contributed by atoms with Gasteiger partial charge in [-0.15, -0.1) is 0 Å². The lowest BCUT2D eigenvalue weighted by atomic mass is 10.1. The molecule has 24 heavy (non-hydrogen) atoms. The van der Waals surface area contributed by atoms with Crippen molar-refractivity contribution in [2.24, 2.45) is 0 Å². The standard InChI is InChI=1S/C17H13F3N4/c18-17(19,20)12-3-7-14(8-4-12)24-16-15(22-9-10-23-16)11-1-5-13(21)6-2-11/h1-10H,21H2,(H,23,24). The summed E-state index contributed by atoms with van der Waals surface area (Å²) in [7, 11) is 0. The van der Waals surface area contributed by atoms with E-state index in [2.05, 4.69) is 15.3 Å². The lowest BCUT2D eigenvalue weighted by Crippen LogP contribution is -2.05. The second-order valence-corrected chi connectivity index (χ2v) is 5.08. The summed E-state index contributed by atoms with van der Waals surface area (Å²) < 4.78 is 37.8. The molecule has 0 unspecified atom stereocenters. The Balaban J connectivity index is 1.89. The Morgan fingerprint density at radius 3 is 2.08 bits per heavy atom. The van der Waals surface area contributed by atoms with Crippen LogP contribution in [-0.4, -0.2) is 9.97 Å².